The first-order chi connectivity index (χ1) is 11.4. The van der Waals surface area contributed by atoms with Gasteiger partial charge in [-0.3, -0.25) is 9.59 Å². The lowest BCUT2D eigenvalue weighted by Crippen LogP contribution is -2.30. The number of aryl methyl sites for hydroxylation is 1. The molecule has 1 atom stereocenters. The molecule has 0 unspecified atom stereocenters. The second kappa shape index (κ2) is 8.28. The van der Waals surface area contributed by atoms with E-state index in [-0.39, 0.29) is 36.4 Å². The van der Waals surface area contributed by atoms with Crippen LogP contribution in [-0.2, 0) is 30.6 Å². The zero-order valence-electron chi connectivity index (χ0n) is 13.8. The van der Waals surface area contributed by atoms with Crippen LogP contribution in [0.2, 0.25) is 0 Å². The Labute approximate surface area is 142 Å². The second-order valence-corrected chi connectivity index (χ2v) is 8.39. The first-order valence-electron chi connectivity index (χ1n) is 8.03. The molecular formula is C17H23NO5S. The van der Waals surface area contributed by atoms with Gasteiger partial charge in [0.15, 0.2) is 16.4 Å². The predicted octanol–water partition coefficient (Wildman–Crippen LogP) is 1.02. The van der Waals surface area contributed by atoms with Gasteiger partial charge in [0.05, 0.1) is 11.5 Å². The van der Waals surface area contributed by atoms with Gasteiger partial charge in [-0.2, -0.15) is 0 Å². The van der Waals surface area contributed by atoms with Crippen molar-refractivity contribution in [3.8, 4) is 0 Å². The van der Waals surface area contributed by atoms with Crippen molar-refractivity contribution in [2.75, 3.05) is 24.7 Å². The molecule has 1 fully saturated rings. The SMILES string of the molecule is Cc1ccccc1CCNC(=O)COC(=O)C[C@H]1CCS(=O)(=O)C1. The first kappa shape index (κ1) is 18.4. The number of benzene rings is 1. The molecule has 1 amide bonds. The number of rotatable bonds is 7. The molecule has 2 rings (SSSR count). The van der Waals surface area contributed by atoms with Crippen molar-refractivity contribution in [3.63, 3.8) is 0 Å². The molecule has 6 nitrogen and oxygen atoms in total. The predicted molar refractivity (Wildman–Crippen MR) is 90.2 cm³/mol. The summed E-state index contributed by atoms with van der Waals surface area (Å²) in [6, 6.07) is 7.95. The van der Waals surface area contributed by atoms with Gasteiger partial charge in [-0.1, -0.05) is 24.3 Å². The summed E-state index contributed by atoms with van der Waals surface area (Å²) in [7, 11) is -3.00. The molecule has 1 N–H and O–H groups in total. The van der Waals surface area contributed by atoms with Crippen LogP contribution in [0.5, 0.6) is 0 Å². The highest BCUT2D eigenvalue weighted by Gasteiger charge is 2.29. The quantitative estimate of drug-likeness (QED) is 0.739. The van der Waals surface area contributed by atoms with Crippen LogP contribution < -0.4 is 5.32 Å². The Bertz CT molecular complexity index is 699. The van der Waals surface area contributed by atoms with Gasteiger partial charge in [0.25, 0.3) is 5.91 Å². The summed E-state index contributed by atoms with van der Waals surface area (Å²) in [4.78, 5) is 23.3. The van der Waals surface area contributed by atoms with Crippen LogP contribution in [0, 0.1) is 12.8 Å². The zero-order valence-corrected chi connectivity index (χ0v) is 14.6. The van der Waals surface area contributed by atoms with Crippen molar-refractivity contribution in [3.05, 3.63) is 35.4 Å². The molecule has 0 bridgehead atoms. The van der Waals surface area contributed by atoms with E-state index in [4.69, 9.17) is 4.74 Å². The lowest BCUT2D eigenvalue weighted by molar-refractivity contribution is -0.149. The number of hydrogen-bond acceptors (Lipinski definition) is 5. The van der Waals surface area contributed by atoms with Gasteiger partial charge in [0, 0.05) is 13.0 Å². The molecule has 24 heavy (non-hydrogen) atoms. The van der Waals surface area contributed by atoms with Crippen LogP contribution in [0.15, 0.2) is 24.3 Å². The van der Waals surface area contributed by atoms with E-state index >= 15 is 0 Å². The monoisotopic (exact) mass is 353 g/mol. The normalized spacial score (nSPS) is 19.0. The molecule has 0 aromatic heterocycles. The molecule has 1 heterocycles. The summed E-state index contributed by atoms with van der Waals surface area (Å²) in [5.74, 6) is -0.900. The molecule has 1 saturated heterocycles. The summed E-state index contributed by atoms with van der Waals surface area (Å²) >= 11 is 0. The zero-order chi connectivity index (χ0) is 17.6. The topological polar surface area (TPSA) is 89.5 Å². The highest BCUT2D eigenvalue weighted by atomic mass is 32.2. The van der Waals surface area contributed by atoms with E-state index in [2.05, 4.69) is 5.32 Å². The van der Waals surface area contributed by atoms with Crippen molar-refractivity contribution in [2.24, 2.45) is 5.92 Å². The van der Waals surface area contributed by atoms with E-state index in [9.17, 15) is 18.0 Å². The average molecular weight is 353 g/mol. The number of carbonyl (C=O) groups is 2. The number of nitrogens with one attached hydrogen (secondary N) is 1. The molecule has 1 aliphatic heterocycles. The molecule has 0 radical (unpaired) electrons. The fraction of sp³-hybridized carbons (Fsp3) is 0.529. The number of esters is 1. The lowest BCUT2D eigenvalue weighted by atomic mass is 10.1. The minimum atomic E-state index is -3.00. The van der Waals surface area contributed by atoms with Gasteiger partial charge in [-0.15, -0.1) is 0 Å². The number of hydrogen-bond donors (Lipinski definition) is 1. The molecule has 7 heteroatoms. The number of sulfone groups is 1. The van der Waals surface area contributed by atoms with Crippen molar-refractivity contribution < 1.29 is 22.7 Å². The fourth-order valence-corrected chi connectivity index (χ4v) is 4.61. The summed E-state index contributed by atoms with van der Waals surface area (Å²) in [6.07, 6.45) is 1.25. The fourth-order valence-electron chi connectivity index (χ4n) is 2.75. The molecule has 1 aliphatic rings. The summed E-state index contributed by atoms with van der Waals surface area (Å²) in [5.41, 5.74) is 2.34. The molecule has 1 aromatic rings. The smallest absolute Gasteiger partial charge is 0.306 e. The maximum Gasteiger partial charge on any atom is 0.306 e. The summed E-state index contributed by atoms with van der Waals surface area (Å²) in [6.45, 7) is 2.16. The minimum absolute atomic E-state index is 0.0325. The van der Waals surface area contributed by atoms with E-state index < -0.39 is 15.8 Å². The van der Waals surface area contributed by atoms with Crippen molar-refractivity contribution in [1.29, 1.82) is 0 Å². The van der Waals surface area contributed by atoms with Gasteiger partial charge in [-0.25, -0.2) is 8.42 Å². The Morgan fingerprint density at radius 2 is 2.04 bits per heavy atom. The van der Waals surface area contributed by atoms with E-state index in [1.807, 2.05) is 31.2 Å². The molecule has 0 saturated carbocycles. The summed E-state index contributed by atoms with van der Waals surface area (Å²) in [5, 5.41) is 2.71. The van der Waals surface area contributed by atoms with Gasteiger partial charge < -0.3 is 10.1 Å². The third-order valence-corrected chi connectivity index (χ3v) is 5.96. The maximum atomic E-state index is 11.7. The van der Waals surface area contributed by atoms with E-state index in [1.165, 1.54) is 5.56 Å². The van der Waals surface area contributed by atoms with Crippen molar-refractivity contribution in [2.45, 2.75) is 26.2 Å². The highest BCUT2D eigenvalue weighted by molar-refractivity contribution is 7.91. The van der Waals surface area contributed by atoms with Gasteiger partial charge in [0.2, 0.25) is 0 Å². The van der Waals surface area contributed by atoms with E-state index in [1.54, 1.807) is 0 Å². The Hall–Kier alpha value is -1.89. The summed E-state index contributed by atoms with van der Waals surface area (Å²) < 4.78 is 27.6. The van der Waals surface area contributed by atoms with Crippen LogP contribution in [0.3, 0.4) is 0 Å². The third-order valence-electron chi connectivity index (χ3n) is 4.12. The Kier molecular flexibility index (Phi) is 6.36. The van der Waals surface area contributed by atoms with Crippen molar-refractivity contribution >= 4 is 21.7 Å². The third kappa shape index (κ3) is 5.96. The standard InChI is InChI=1S/C17H23NO5S/c1-13-4-2-3-5-15(13)6-8-18-16(19)11-23-17(20)10-14-7-9-24(21,22)12-14/h2-5,14H,6-12H2,1H3,(H,18,19)/t14-/m1/s1. The number of amides is 1. The Balaban J connectivity index is 1.62. The van der Waals surface area contributed by atoms with E-state index in [0.717, 1.165) is 5.56 Å². The molecule has 0 aliphatic carbocycles. The maximum absolute atomic E-state index is 11.7. The first-order valence-corrected chi connectivity index (χ1v) is 9.85. The molecular weight excluding hydrogens is 330 g/mol. The van der Waals surface area contributed by atoms with Crippen LogP contribution in [0.25, 0.3) is 0 Å². The highest BCUT2D eigenvalue weighted by Crippen LogP contribution is 2.21. The Morgan fingerprint density at radius 1 is 1.29 bits per heavy atom. The van der Waals surface area contributed by atoms with Crippen molar-refractivity contribution in [1.82, 2.24) is 5.32 Å². The van der Waals surface area contributed by atoms with Gasteiger partial charge in [-0.05, 0) is 36.8 Å². The molecule has 1 aromatic carbocycles. The molecule has 0 spiro atoms. The minimum Gasteiger partial charge on any atom is -0.456 e. The number of carbonyl (C=O) groups excluding carboxylic acids is 2. The van der Waals surface area contributed by atoms with Crippen LogP contribution in [0.4, 0.5) is 0 Å². The van der Waals surface area contributed by atoms with Gasteiger partial charge in [0.1, 0.15) is 0 Å². The van der Waals surface area contributed by atoms with Crippen LogP contribution in [-0.4, -0.2) is 45.0 Å². The average Bonchev–Trinajstić information content (AvgIpc) is 2.86. The molecule has 132 valence electrons. The number of ether oxygens (including phenoxy) is 1. The Morgan fingerprint density at radius 3 is 2.71 bits per heavy atom. The van der Waals surface area contributed by atoms with Crippen LogP contribution in [0.1, 0.15) is 24.0 Å². The largest absolute Gasteiger partial charge is 0.456 e. The second-order valence-electron chi connectivity index (χ2n) is 6.16. The lowest BCUT2D eigenvalue weighted by Gasteiger charge is -2.09. The van der Waals surface area contributed by atoms with E-state index in [0.29, 0.717) is 19.4 Å². The van der Waals surface area contributed by atoms with Crippen LogP contribution >= 0.6 is 0 Å². The van der Waals surface area contributed by atoms with Gasteiger partial charge >= 0.3 is 5.97 Å².